The van der Waals surface area contributed by atoms with E-state index in [1.165, 1.54) is 6.20 Å². The monoisotopic (exact) mass is 555 g/mol. The first-order valence-corrected chi connectivity index (χ1v) is 13.8. The van der Waals surface area contributed by atoms with Gasteiger partial charge in [-0.15, -0.1) is 0 Å². The van der Waals surface area contributed by atoms with Gasteiger partial charge in [-0.05, 0) is 44.0 Å². The Labute approximate surface area is 244 Å². The summed E-state index contributed by atoms with van der Waals surface area (Å²) in [5.74, 6) is 1.17. The van der Waals surface area contributed by atoms with Crippen molar-refractivity contribution in [2.24, 2.45) is 11.7 Å². The molecular formula is C31H36N8O2. The molecule has 0 aromatic carbocycles. The van der Waals surface area contributed by atoms with Crippen molar-refractivity contribution in [2.75, 3.05) is 43.0 Å². The molecule has 0 aliphatic carbocycles. The number of pyridine rings is 3. The van der Waals surface area contributed by atoms with Gasteiger partial charge in [0, 0.05) is 86.5 Å². The minimum atomic E-state index is -2.51. The molecule has 4 saturated heterocycles. The minimum absolute atomic E-state index is 0.0932. The molecule has 2 unspecified atom stereocenters. The van der Waals surface area contributed by atoms with Crippen LogP contribution < -0.4 is 20.3 Å². The van der Waals surface area contributed by atoms with Crippen molar-refractivity contribution < 1.29 is 14.0 Å². The zero-order valence-electron chi connectivity index (χ0n) is 26.2. The molecule has 0 saturated carbocycles. The zero-order chi connectivity index (χ0) is 31.2. The predicted octanol–water partition coefficient (Wildman–Crippen LogP) is 3.04. The minimum Gasteiger partial charge on any atom is -0.481 e. The van der Waals surface area contributed by atoms with Crippen LogP contribution in [0.25, 0.3) is 16.7 Å². The van der Waals surface area contributed by atoms with Crippen LogP contribution in [-0.2, 0) is 6.54 Å². The fraction of sp³-hybridized carbons (Fsp3) is 0.419. The van der Waals surface area contributed by atoms with E-state index in [9.17, 15) is 10.4 Å². The largest absolute Gasteiger partial charge is 0.481 e. The van der Waals surface area contributed by atoms with Crippen molar-refractivity contribution in [1.29, 1.82) is 5.26 Å². The number of aliphatic hydroxyl groups is 1. The second-order valence-electron chi connectivity index (χ2n) is 11.7. The summed E-state index contributed by atoms with van der Waals surface area (Å²) in [4.78, 5) is 20.5. The van der Waals surface area contributed by atoms with Gasteiger partial charge in [-0.1, -0.05) is 6.07 Å². The molecule has 4 aliphatic heterocycles. The zero-order valence-corrected chi connectivity index (χ0v) is 23.2. The third-order valence-electron chi connectivity index (χ3n) is 8.66. The molecule has 0 amide bonds. The maximum atomic E-state index is 10.4. The topological polar surface area (TPSA) is 128 Å². The van der Waals surface area contributed by atoms with Crippen LogP contribution in [0.15, 0.2) is 55.1 Å². The number of piperazine rings is 1. The van der Waals surface area contributed by atoms with E-state index in [0.29, 0.717) is 23.4 Å². The number of rotatable bonds is 8. The number of allylic oxidation sites excluding steroid dienone is 1. The lowest BCUT2D eigenvalue weighted by atomic mass is 9.84. The van der Waals surface area contributed by atoms with E-state index in [-0.39, 0.29) is 11.8 Å². The number of nitriles is 1. The van der Waals surface area contributed by atoms with E-state index in [2.05, 4.69) is 30.7 Å². The predicted molar refractivity (Wildman–Crippen MR) is 158 cm³/mol. The number of hydrogen-bond acceptors (Lipinski definition) is 10. The normalized spacial score (nSPS) is 22.6. The molecule has 3 aromatic heterocycles. The van der Waals surface area contributed by atoms with Gasteiger partial charge in [0.15, 0.2) is 0 Å². The summed E-state index contributed by atoms with van der Waals surface area (Å²) in [7, 11) is -2.51. The van der Waals surface area contributed by atoms with Crippen LogP contribution in [0.2, 0.25) is 0 Å². The van der Waals surface area contributed by atoms with E-state index in [1.54, 1.807) is 18.5 Å². The number of piperidine rings is 1. The maximum Gasteiger partial charge on any atom is 0.212 e. The van der Waals surface area contributed by atoms with E-state index < -0.39 is 12.6 Å². The Balaban J connectivity index is 1.14. The number of anilines is 2. The molecule has 3 N–H and O–H groups in total. The van der Waals surface area contributed by atoms with Gasteiger partial charge in [0.25, 0.3) is 0 Å². The van der Waals surface area contributed by atoms with Crippen molar-refractivity contribution in [3.63, 3.8) is 0 Å². The van der Waals surface area contributed by atoms with Gasteiger partial charge >= 0.3 is 0 Å². The first-order chi connectivity index (χ1) is 20.9. The van der Waals surface area contributed by atoms with Gasteiger partial charge in [0.05, 0.1) is 39.9 Å². The highest BCUT2D eigenvalue weighted by atomic mass is 16.5. The first kappa shape index (κ1) is 23.5. The summed E-state index contributed by atoms with van der Waals surface area (Å²) in [5, 5.41) is 20.0. The molecule has 2 bridgehead atoms. The third-order valence-corrected chi connectivity index (χ3v) is 8.66. The first-order valence-electron chi connectivity index (χ1n) is 15.3. The summed E-state index contributed by atoms with van der Waals surface area (Å²) in [6, 6.07) is 12.4. The smallest absolute Gasteiger partial charge is 0.212 e. The van der Waals surface area contributed by atoms with Gasteiger partial charge in [-0.2, -0.15) is 5.26 Å². The standard InChI is InChI=1S/C31H36N8O2/c1-31(2,40)23-16-37(17-23)24-9-27(30(36-14-24)22(10-32)11-33)21-5-6-28(34-13-21)38-18-25-8-26(19-38)39(25)15-20-4-7-29(41-3)35-12-20/h4-7,9-10,12-14,23,25-26,40H,8,15-19,32H2,1-3H3/b22-10-/i3D3. The highest BCUT2D eigenvalue weighted by Gasteiger charge is 2.44. The quantitative estimate of drug-likeness (QED) is 0.400. The van der Waals surface area contributed by atoms with Gasteiger partial charge in [-0.25, -0.2) is 9.97 Å². The van der Waals surface area contributed by atoms with Crippen LogP contribution in [0, 0.1) is 17.2 Å². The Kier molecular flexibility index (Phi) is 6.10. The lowest BCUT2D eigenvalue weighted by molar-refractivity contribution is -0.00876. The SMILES string of the molecule is [2H]C([2H])([2H])Oc1ccc(CN2C3CC2CN(c2ccc(-c4cc(N5CC(C(C)(C)O)C5)cnc4/C(C#N)=C\N)cn2)C3)cn1. The second-order valence-corrected chi connectivity index (χ2v) is 11.7. The fourth-order valence-electron chi connectivity index (χ4n) is 6.01. The molecule has 10 heteroatoms. The van der Waals surface area contributed by atoms with Gasteiger partial charge in [0.2, 0.25) is 5.88 Å². The van der Waals surface area contributed by atoms with E-state index >= 15 is 0 Å². The Hall–Kier alpha value is -4.20. The molecule has 41 heavy (non-hydrogen) atoms. The number of nitrogens with two attached hydrogens (primary N) is 1. The molecule has 212 valence electrons. The van der Waals surface area contributed by atoms with Crippen LogP contribution >= 0.6 is 0 Å². The van der Waals surface area contributed by atoms with Crippen molar-refractivity contribution in [3.05, 3.63) is 66.4 Å². The number of methoxy groups -OCH3 is 1. The summed E-state index contributed by atoms with van der Waals surface area (Å²) < 4.78 is 26.6. The summed E-state index contributed by atoms with van der Waals surface area (Å²) >= 11 is 0. The Morgan fingerprint density at radius 1 is 1.12 bits per heavy atom. The molecular weight excluding hydrogens is 516 g/mol. The third kappa shape index (κ3) is 5.19. The molecule has 2 atom stereocenters. The van der Waals surface area contributed by atoms with Crippen molar-refractivity contribution in [3.8, 4) is 23.1 Å². The number of aromatic nitrogens is 3. The molecule has 0 spiro atoms. The van der Waals surface area contributed by atoms with Crippen LogP contribution in [0.3, 0.4) is 0 Å². The summed E-state index contributed by atoms with van der Waals surface area (Å²) in [6.07, 6.45) is 7.66. The number of ether oxygens (including phenoxy) is 1. The lowest BCUT2D eigenvalue weighted by Crippen LogP contribution is -2.68. The van der Waals surface area contributed by atoms with E-state index in [1.807, 2.05) is 44.3 Å². The molecule has 7 heterocycles. The number of hydrogen-bond donors (Lipinski definition) is 2. The Morgan fingerprint density at radius 3 is 2.54 bits per heavy atom. The summed E-state index contributed by atoms with van der Waals surface area (Å²) in [6.45, 7) is 7.58. The second kappa shape index (κ2) is 10.7. The van der Waals surface area contributed by atoms with Gasteiger partial charge in [0.1, 0.15) is 11.9 Å². The maximum absolute atomic E-state index is 10.4. The Morgan fingerprint density at radius 2 is 1.93 bits per heavy atom. The molecule has 10 nitrogen and oxygen atoms in total. The van der Waals surface area contributed by atoms with E-state index in [0.717, 1.165) is 67.3 Å². The lowest BCUT2D eigenvalue weighted by Gasteiger charge is -2.56. The molecule has 7 rings (SSSR count). The highest BCUT2D eigenvalue weighted by Crippen LogP contribution is 2.38. The van der Waals surface area contributed by atoms with Crippen molar-refractivity contribution in [2.45, 2.75) is 44.5 Å². The van der Waals surface area contributed by atoms with Crippen LogP contribution in [0.5, 0.6) is 5.88 Å². The fourth-order valence-corrected chi connectivity index (χ4v) is 6.01. The molecule has 0 radical (unpaired) electrons. The number of nitrogens with zero attached hydrogens (tertiary/aromatic N) is 7. The molecule has 4 fully saturated rings. The molecule has 4 aliphatic rings. The van der Waals surface area contributed by atoms with Crippen LogP contribution in [-0.4, -0.2) is 75.9 Å². The van der Waals surface area contributed by atoms with Gasteiger partial charge < -0.3 is 25.4 Å². The average molecular weight is 556 g/mol. The molecule has 3 aromatic rings. The average Bonchev–Trinajstić information content (AvgIpc) is 2.96. The Bertz CT molecular complexity index is 1560. The highest BCUT2D eigenvalue weighted by molar-refractivity contribution is 5.86. The van der Waals surface area contributed by atoms with E-state index in [4.69, 9.17) is 19.6 Å². The van der Waals surface area contributed by atoms with Crippen LogP contribution in [0.1, 0.15) is 35.6 Å². The summed E-state index contributed by atoms with van der Waals surface area (Å²) in [5.41, 5.74) is 9.39. The van der Waals surface area contributed by atoms with Crippen molar-refractivity contribution >= 4 is 17.1 Å². The van der Waals surface area contributed by atoms with Gasteiger partial charge in [-0.3, -0.25) is 9.88 Å². The van der Waals surface area contributed by atoms with Crippen LogP contribution in [0.4, 0.5) is 11.5 Å². The van der Waals surface area contributed by atoms with Crippen molar-refractivity contribution in [1.82, 2.24) is 19.9 Å². The number of fused-ring (bicyclic) bond motifs is 2.